The lowest BCUT2D eigenvalue weighted by Crippen LogP contribution is -2.45. The number of hydrogen-bond acceptors (Lipinski definition) is 7. The van der Waals surface area contributed by atoms with Gasteiger partial charge in [0.15, 0.2) is 17.3 Å². The summed E-state index contributed by atoms with van der Waals surface area (Å²) in [5.74, 6) is 0.112. The van der Waals surface area contributed by atoms with Crippen molar-refractivity contribution in [1.82, 2.24) is 30.0 Å². The molecule has 2 aromatic carbocycles. The quantitative estimate of drug-likeness (QED) is 0.165. The molecule has 1 N–H and O–H groups in total. The Morgan fingerprint density at radius 1 is 1.05 bits per heavy atom. The fourth-order valence-electron chi connectivity index (χ4n) is 10.1. The van der Waals surface area contributed by atoms with E-state index in [0.717, 1.165) is 54.9 Å². The van der Waals surface area contributed by atoms with E-state index in [1.54, 1.807) is 18.2 Å². The number of carbonyl (C=O) groups excluding carboxylic acids is 1. The minimum Gasteiger partial charge on any atom is -0.353 e. The Labute approximate surface area is 329 Å². The predicted molar refractivity (Wildman–Crippen MR) is 204 cm³/mol. The van der Waals surface area contributed by atoms with Gasteiger partial charge in [-0.2, -0.15) is 18.4 Å². The van der Waals surface area contributed by atoms with Crippen LogP contribution in [0.4, 0.5) is 23.4 Å². The molecule has 0 radical (unpaired) electrons. The number of aryl methyl sites for hydroxylation is 2. The number of alkyl halides is 3. The molecule has 4 aliphatic heterocycles. The first-order valence-electron chi connectivity index (χ1n) is 19.1. The van der Waals surface area contributed by atoms with Crippen molar-refractivity contribution in [3.8, 4) is 17.2 Å². The average molecular weight is 804 g/mol. The van der Waals surface area contributed by atoms with Crippen molar-refractivity contribution in [1.29, 1.82) is 5.26 Å². The molecule has 1 amide bonds. The van der Waals surface area contributed by atoms with Crippen molar-refractivity contribution in [2.75, 3.05) is 24.5 Å². The van der Waals surface area contributed by atoms with E-state index in [9.17, 15) is 23.2 Å². The minimum atomic E-state index is -4.60. The van der Waals surface area contributed by atoms with Crippen LogP contribution in [0.1, 0.15) is 66.8 Å². The van der Waals surface area contributed by atoms with Gasteiger partial charge in [-0.3, -0.25) is 4.79 Å². The Morgan fingerprint density at radius 3 is 2.55 bits per heavy atom. The highest BCUT2D eigenvalue weighted by atomic mass is 35.5. The largest absolute Gasteiger partial charge is 0.435 e. The van der Waals surface area contributed by atoms with Gasteiger partial charge < -0.3 is 19.7 Å². The lowest BCUT2D eigenvalue weighted by atomic mass is 9.79. The molecule has 0 spiro atoms. The van der Waals surface area contributed by atoms with Crippen LogP contribution in [-0.2, 0) is 17.4 Å². The van der Waals surface area contributed by atoms with E-state index in [-0.39, 0.29) is 75.9 Å². The zero-order valence-corrected chi connectivity index (χ0v) is 31.8. The third-order valence-electron chi connectivity index (χ3n) is 12.8. The van der Waals surface area contributed by atoms with Crippen LogP contribution in [0.2, 0.25) is 10.0 Å². The zero-order valence-electron chi connectivity index (χ0n) is 30.3. The van der Waals surface area contributed by atoms with Gasteiger partial charge in [-0.1, -0.05) is 35.3 Å². The van der Waals surface area contributed by atoms with Gasteiger partial charge in [0, 0.05) is 77.2 Å². The van der Waals surface area contributed by atoms with Gasteiger partial charge in [0.1, 0.15) is 5.52 Å². The Hall–Kier alpha value is -4.51. The summed E-state index contributed by atoms with van der Waals surface area (Å²) in [5, 5.41) is 22.8. The Kier molecular flexibility index (Phi) is 8.33. The van der Waals surface area contributed by atoms with Crippen LogP contribution in [0.3, 0.4) is 0 Å². The maximum atomic E-state index is 17.3. The van der Waals surface area contributed by atoms with Gasteiger partial charge in [0.05, 0.1) is 39.8 Å². The number of fused-ring (bicyclic) bond motifs is 6. The van der Waals surface area contributed by atoms with Crippen molar-refractivity contribution in [2.24, 2.45) is 17.8 Å². The molecular formula is C41H36Cl2F4N8O. The molecule has 9 nitrogen and oxygen atoms in total. The number of rotatable bonds is 7. The molecule has 3 aromatic heterocycles. The third-order valence-corrected chi connectivity index (χ3v) is 13.6. The van der Waals surface area contributed by atoms with Crippen molar-refractivity contribution >= 4 is 56.7 Å². The molecule has 6 fully saturated rings. The topological polar surface area (TPSA) is 103 Å². The predicted octanol–water partition coefficient (Wildman–Crippen LogP) is 8.60. The monoisotopic (exact) mass is 802 g/mol. The van der Waals surface area contributed by atoms with Crippen molar-refractivity contribution < 1.29 is 22.4 Å². The normalized spacial score (nSPS) is 25.6. The van der Waals surface area contributed by atoms with Crippen LogP contribution < -0.4 is 10.2 Å². The average Bonchev–Trinajstić information content (AvgIpc) is 3.46. The third kappa shape index (κ3) is 5.50. The summed E-state index contributed by atoms with van der Waals surface area (Å²) in [4.78, 5) is 23.3. The highest BCUT2D eigenvalue weighted by Crippen LogP contribution is 2.54. The molecule has 4 bridgehead atoms. The SMILES string of the molecule is Cc1nc2c(F)c(-c3cccc(Cl)c3Cl)c(CCC#N)cc2c2c1cc([C@H]1[C@H]3C[C@H](CN(c4ccc(C(F)(F)F)nn4)C3)N1C(=O)C1CC1)n2[C@H]1[C@H]2CN[C@@H]1C2. The van der Waals surface area contributed by atoms with Gasteiger partial charge in [-0.25, -0.2) is 9.37 Å². The summed E-state index contributed by atoms with van der Waals surface area (Å²) in [6, 6.07) is 13.4. The summed E-state index contributed by atoms with van der Waals surface area (Å²) in [7, 11) is 0. The molecule has 288 valence electrons. The second-order valence-corrected chi connectivity index (χ2v) is 16.9. The van der Waals surface area contributed by atoms with E-state index >= 15 is 4.39 Å². The lowest BCUT2D eigenvalue weighted by molar-refractivity contribution is -0.141. The fraction of sp³-hybridized carbons (Fsp3) is 0.439. The molecule has 2 aliphatic carbocycles. The van der Waals surface area contributed by atoms with Crippen molar-refractivity contribution in [3.63, 3.8) is 0 Å². The number of nitrogens with one attached hydrogen (secondary N) is 1. The van der Waals surface area contributed by atoms with Crippen LogP contribution >= 0.6 is 23.2 Å². The van der Waals surface area contributed by atoms with E-state index in [2.05, 4.69) is 37.1 Å². The minimum absolute atomic E-state index is 0.0513. The number of piperidine rings is 1. The first-order chi connectivity index (χ1) is 26.9. The second-order valence-electron chi connectivity index (χ2n) is 16.1. The van der Waals surface area contributed by atoms with Gasteiger partial charge >= 0.3 is 6.18 Å². The number of halogens is 6. The highest BCUT2D eigenvalue weighted by Gasteiger charge is 2.55. The molecule has 6 aliphatic rings. The molecule has 7 heterocycles. The van der Waals surface area contributed by atoms with Crippen molar-refractivity contribution in [3.05, 3.63) is 81.0 Å². The summed E-state index contributed by atoms with van der Waals surface area (Å²) < 4.78 is 59.8. The number of nitrogens with zero attached hydrogens (tertiary/aromatic N) is 7. The summed E-state index contributed by atoms with van der Waals surface area (Å²) in [6.07, 6.45) is -0.777. The maximum Gasteiger partial charge on any atom is 0.435 e. The Bertz CT molecular complexity index is 2480. The standard InChI is InChI=1S/C41H36Cl2F4N8O/c1-19-26-15-30(38-23-12-24(54(38)40(56)20-7-8-20)18-53(17-23)32-10-9-31(51-52-32)41(45,46)47)55(37-22-14-29(37)49-16-22)39(26)27-13-21(4-3-11-48)33(35(44)36(27)50-19)25-5-2-6-28(42)34(25)43/h2,5-6,9-10,13,15,20,22-24,29,37-38,49H,3-4,7-8,12,14,16-18H2,1H3/t22-,23+,24-,29-,37+,38-/m1/s1. The first kappa shape index (κ1) is 35.9. The molecule has 11 rings (SSSR count). The molecule has 15 heteroatoms. The number of carbonyl (C=O) groups is 1. The van der Waals surface area contributed by atoms with E-state index < -0.39 is 17.7 Å². The summed E-state index contributed by atoms with van der Waals surface area (Å²) in [6.45, 7) is 3.62. The molecule has 4 saturated heterocycles. The summed E-state index contributed by atoms with van der Waals surface area (Å²) in [5.41, 5.74) is 2.90. The maximum absolute atomic E-state index is 17.3. The Balaban J connectivity index is 1.18. The summed E-state index contributed by atoms with van der Waals surface area (Å²) >= 11 is 13.1. The molecule has 0 unspecified atom stereocenters. The number of amides is 1. The van der Waals surface area contributed by atoms with Crippen LogP contribution in [0, 0.1) is 41.8 Å². The smallest absolute Gasteiger partial charge is 0.353 e. The van der Waals surface area contributed by atoms with E-state index in [1.807, 2.05) is 17.9 Å². The van der Waals surface area contributed by atoms with E-state index in [1.165, 1.54) is 6.07 Å². The lowest BCUT2D eigenvalue weighted by Gasteiger charge is -2.40. The van der Waals surface area contributed by atoms with Crippen LogP contribution in [-0.4, -0.2) is 62.3 Å². The number of likely N-dealkylation sites (tertiary alicyclic amines) is 1. The van der Waals surface area contributed by atoms with Crippen LogP contribution in [0.15, 0.2) is 42.5 Å². The zero-order chi connectivity index (χ0) is 38.8. The number of hydrogen-bond donors (Lipinski definition) is 1. The molecule has 6 atom stereocenters. The number of benzene rings is 2. The molecule has 56 heavy (non-hydrogen) atoms. The van der Waals surface area contributed by atoms with E-state index in [4.69, 9.17) is 28.2 Å². The van der Waals surface area contributed by atoms with E-state index in [0.29, 0.717) is 47.0 Å². The highest BCUT2D eigenvalue weighted by molar-refractivity contribution is 6.43. The molecule has 5 aromatic rings. The van der Waals surface area contributed by atoms with Gasteiger partial charge in [0.25, 0.3) is 0 Å². The van der Waals surface area contributed by atoms with Crippen molar-refractivity contribution in [2.45, 2.75) is 75.8 Å². The van der Waals surface area contributed by atoms with Crippen LogP contribution in [0.25, 0.3) is 32.9 Å². The molecular weight excluding hydrogens is 767 g/mol. The first-order valence-corrected chi connectivity index (χ1v) is 19.9. The molecule has 2 saturated carbocycles. The fourth-order valence-corrected chi connectivity index (χ4v) is 10.5. The Morgan fingerprint density at radius 2 is 1.88 bits per heavy atom. The number of nitriles is 1. The van der Waals surface area contributed by atoms with Gasteiger partial charge in [-0.05, 0) is 80.8 Å². The van der Waals surface area contributed by atoms with Gasteiger partial charge in [-0.15, -0.1) is 10.2 Å². The number of pyridine rings is 1. The van der Waals surface area contributed by atoms with Crippen LogP contribution in [0.5, 0.6) is 0 Å². The number of anilines is 1. The number of aromatic nitrogens is 4. The van der Waals surface area contributed by atoms with Gasteiger partial charge in [0.2, 0.25) is 5.91 Å². The second kappa shape index (κ2) is 13.0.